The first-order chi connectivity index (χ1) is 11.2. The molecule has 0 heterocycles. The van der Waals surface area contributed by atoms with E-state index >= 15 is 0 Å². The topological polar surface area (TPSA) is 0 Å². The molecule has 0 aliphatic heterocycles. The third kappa shape index (κ3) is 6.03. The molecule has 0 N–H and O–H groups in total. The molecule has 2 heteroatoms. The fourth-order valence-electron chi connectivity index (χ4n) is 4.33. The molecule has 0 unspecified atom stereocenters. The van der Waals surface area contributed by atoms with Gasteiger partial charge in [0.2, 0.25) is 0 Å². The Kier molecular flexibility index (Phi) is 12.3. The van der Waals surface area contributed by atoms with Crippen molar-refractivity contribution in [1.29, 1.82) is 0 Å². The summed E-state index contributed by atoms with van der Waals surface area (Å²) in [6, 6.07) is 11.8. The minimum atomic E-state index is -1.80. The number of halogens is 1. The van der Waals surface area contributed by atoms with E-state index in [1.165, 1.54) is 76.0 Å². The van der Waals surface area contributed by atoms with Crippen LogP contribution in [0.2, 0.25) is 0 Å². The fourth-order valence-corrected chi connectivity index (χ4v) is 12.3. The number of benzene rings is 1. The first-order valence-electron chi connectivity index (χ1n) is 10.2. The van der Waals surface area contributed by atoms with E-state index in [2.05, 4.69) is 58.0 Å². The maximum absolute atomic E-state index is 2.49. The molecular weight excluding hydrogens is 331 g/mol. The first kappa shape index (κ1) is 23.9. The normalized spacial score (nSPS) is 13.1. The van der Waals surface area contributed by atoms with Crippen molar-refractivity contribution in [2.24, 2.45) is 0 Å². The first-order valence-corrected chi connectivity index (χ1v) is 13.2. The molecule has 24 heavy (non-hydrogen) atoms. The van der Waals surface area contributed by atoms with Crippen LogP contribution in [0, 0.1) is 0 Å². The number of unbranched alkanes of at least 4 members (excludes halogenated alkanes) is 4. The van der Waals surface area contributed by atoms with Gasteiger partial charge >= 0.3 is 146 Å². The van der Waals surface area contributed by atoms with Crippen molar-refractivity contribution in [3.05, 3.63) is 30.3 Å². The minimum absolute atomic E-state index is 0. The van der Waals surface area contributed by atoms with Crippen LogP contribution in [-0.4, -0.2) is 24.6 Å². The average molecular weight is 373 g/mol. The Morgan fingerprint density at radius 2 is 0.917 bits per heavy atom. The zero-order chi connectivity index (χ0) is 17.0. The van der Waals surface area contributed by atoms with E-state index in [-0.39, 0.29) is 12.4 Å². The van der Waals surface area contributed by atoms with Gasteiger partial charge in [0, 0.05) is 0 Å². The van der Waals surface area contributed by atoms with E-state index in [0.29, 0.717) is 0 Å². The van der Waals surface area contributed by atoms with Crippen LogP contribution in [-0.2, 0) is 0 Å². The van der Waals surface area contributed by atoms with Crippen molar-refractivity contribution in [1.82, 2.24) is 0 Å². The van der Waals surface area contributed by atoms with E-state index in [4.69, 9.17) is 0 Å². The zero-order valence-corrected chi connectivity index (χ0v) is 18.4. The van der Waals surface area contributed by atoms with Crippen LogP contribution in [0.1, 0.15) is 79.1 Å². The van der Waals surface area contributed by atoms with Gasteiger partial charge in [0.25, 0.3) is 0 Å². The summed E-state index contributed by atoms with van der Waals surface area (Å²) < 4.78 is 0. The molecule has 142 valence electrons. The number of rotatable bonds is 13. The third-order valence-electron chi connectivity index (χ3n) is 5.88. The predicted molar refractivity (Wildman–Crippen MR) is 119 cm³/mol. The Bertz CT molecular complexity index is 372. The fraction of sp³-hybridized carbons (Fsp3) is 0.727. The molecule has 0 fully saturated rings. The van der Waals surface area contributed by atoms with Crippen LogP contribution in [0.25, 0.3) is 0 Å². The van der Waals surface area contributed by atoms with Crippen molar-refractivity contribution in [2.75, 3.05) is 24.6 Å². The summed E-state index contributed by atoms with van der Waals surface area (Å²) in [5.74, 6) is 0. The van der Waals surface area contributed by atoms with Gasteiger partial charge in [-0.3, -0.25) is 0 Å². The van der Waals surface area contributed by atoms with Crippen molar-refractivity contribution in [3.8, 4) is 0 Å². The Morgan fingerprint density at radius 3 is 1.21 bits per heavy atom. The van der Waals surface area contributed by atoms with E-state index in [9.17, 15) is 0 Å². The summed E-state index contributed by atoms with van der Waals surface area (Å²) in [4.78, 5) is 0. The van der Waals surface area contributed by atoms with Gasteiger partial charge in [0.1, 0.15) is 0 Å². The van der Waals surface area contributed by atoms with Gasteiger partial charge in [-0.1, -0.05) is 0 Å². The molecule has 0 nitrogen and oxygen atoms in total. The monoisotopic (exact) mass is 372 g/mol. The second kappa shape index (κ2) is 12.3. The summed E-state index contributed by atoms with van der Waals surface area (Å²) in [5.41, 5.74) is 0. The molecule has 0 aliphatic rings. The number of hydrogen-bond donors (Lipinski definition) is 0. The quantitative estimate of drug-likeness (QED) is 0.314. The number of hydrogen-bond acceptors (Lipinski definition) is 0. The predicted octanol–water partition coefficient (Wildman–Crippen LogP) is 7.49. The van der Waals surface area contributed by atoms with Gasteiger partial charge in [0.05, 0.1) is 0 Å². The maximum atomic E-state index is 2.49. The van der Waals surface area contributed by atoms with Crippen LogP contribution in [0.15, 0.2) is 30.3 Å². The summed E-state index contributed by atoms with van der Waals surface area (Å²) in [7, 11) is 0. The van der Waals surface area contributed by atoms with E-state index in [0.717, 1.165) is 0 Å². The molecule has 0 amide bonds. The Morgan fingerprint density at radius 1 is 0.583 bits per heavy atom. The molecule has 0 aromatic heterocycles. The summed E-state index contributed by atoms with van der Waals surface area (Å²) >= 11 is 0. The molecule has 1 aromatic rings. The van der Waals surface area contributed by atoms with Crippen LogP contribution in [0.4, 0.5) is 0 Å². The molecule has 1 aromatic carbocycles. The molecule has 0 spiro atoms. The van der Waals surface area contributed by atoms with E-state index in [1.54, 1.807) is 5.30 Å². The zero-order valence-electron chi connectivity index (χ0n) is 16.7. The van der Waals surface area contributed by atoms with Gasteiger partial charge in [0.15, 0.2) is 0 Å². The van der Waals surface area contributed by atoms with Gasteiger partial charge in [-0.05, 0) is 0 Å². The maximum Gasteiger partial charge on any atom is -0.147 e. The van der Waals surface area contributed by atoms with Crippen molar-refractivity contribution in [2.45, 2.75) is 79.1 Å². The molecule has 0 aliphatic carbocycles. The summed E-state index contributed by atoms with van der Waals surface area (Å²) in [6.07, 6.45) is 17.1. The van der Waals surface area contributed by atoms with Gasteiger partial charge in [-0.2, -0.15) is 0 Å². The van der Waals surface area contributed by atoms with Crippen LogP contribution in [0.3, 0.4) is 0 Å². The smallest absolute Gasteiger partial charge is 0.147 e. The van der Waals surface area contributed by atoms with Crippen molar-refractivity contribution in [3.63, 3.8) is 0 Å². The van der Waals surface area contributed by atoms with E-state index in [1.807, 2.05) is 0 Å². The van der Waals surface area contributed by atoms with Gasteiger partial charge in [-0.15, -0.1) is 12.4 Å². The molecule has 0 radical (unpaired) electrons. The van der Waals surface area contributed by atoms with Crippen LogP contribution in [0.5, 0.6) is 0 Å². The molecule has 0 saturated carbocycles. The Hall–Kier alpha value is -0.0600. The molecule has 0 atom stereocenters. The summed E-state index contributed by atoms with van der Waals surface area (Å²) in [5, 5.41) is 1.77. The van der Waals surface area contributed by atoms with Crippen LogP contribution < -0.4 is 5.30 Å². The third-order valence-corrected chi connectivity index (χ3v) is 13.6. The molecular formula is C22H42ClP. The minimum Gasteiger partial charge on any atom is -0.147 e. The Balaban J connectivity index is 0.00000529. The van der Waals surface area contributed by atoms with Crippen molar-refractivity contribution < 1.29 is 0 Å². The van der Waals surface area contributed by atoms with Crippen molar-refractivity contribution >= 4 is 24.3 Å². The average Bonchev–Trinajstić information content (AvgIpc) is 2.62. The molecule has 1 rings (SSSR count). The second-order valence-electron chi connectivity index (χ2n) is 7.62. The Labute approximate surface area is 158 Å². The SMILES string of the molecule is CCCCP(CCCC)(CCCC)(CCCC)c1ccccc1.Cl. The molecule has 0 saturated heterocycles. The standard InChI is InChI=1S/C22H41P.ClH/c1-5-9-18-23(19-10-6-2,20-11-7-3,21-12-8-4)22-16-14-13-15-17-22;/h13-17H,5-12,18-21H2,1-4H3;1H. The second-order valence-corrected chi connectivity index (χ2v) is 13.9. The van der Waals surface area contributed by atoms with Gasteiger partial charge in [-0.25, -0.2) is 0 Å². The van der Waals surface area contributed by atoms with Crippen LogP contribution >= 0.6 is 19.0 Å². The largest absolute Gasteiger partial charge is 0.147 e. The summed E-state index contributed by atoms with van der Waals surface area (Å²) in [6.45, 7) is 7.68. The van der Waals surface area contributed by atoms with Gasteiger partial charge < -0.3 is 0 Å². The van der Waals surface area contributed by atoms with E-state index < -0.39 is 6.60 Å². The molecule has 0 bridgehead atoms.